The number of nitro benzene ring substituents is 2. The SMILES string of the molecule is CC(=O)C(N=Nc1ccc(S(=O)(=O)O)cc1[N+](=O)[O-])C(=O)Nc1ccccc1.CC(=O)C(N=Nc1ccc(S(=O)(=O)O)cc1[N+](=O)[O-])C(=O)Nc1ccccc1.[Ca]. The summed E-state index contributed by atoms with van der Waals surface area (Å²) in [5.41, 5.74) is -1.50. The van der Waals surface area contributed by atoms with Gasteiger partial charge in [-0.15, -0.1) is 10.2 Å². The molecule has 57 heavy (non-hydrogen) atoms. The molecule has 0 saturated carbocycles. The second kappa shape index (κ2) is 21.0. The Labute approximate surface area is 352 Å². The van der Waals surface area contributed by atoms with Crippen molar-refractivity contribution >= 4 is 115 Å². The van der Waals surface area contributed by atoms with Gasteiger partial charge in [0.05, 0.1) is 9.85 Å². The number of amides is 2. The molecular weight excluding hydrogens is 825 g/mol. The number of benzene rings is 4. The zero-order valence-corrected chi connectivity index (χ0v) is 33.2. The van der Waals surface area contributed by atoms with Crippen LogP contribution < -0.4 is 10.6 Å². The molecule has 0 aliphatic heterocycles. The Hall–Kier alpha value is -5.76. The third kappa shape index (κ3) is 14.4. The number of para-hydroxylation sites is 2. The predicted molar refractivity (Wildman–Crippen MR) is 200 cm³/mol. The van der Waals surface area contributed by atoms with Gasteiger partial charge in [0.15, 0.2) is 22.9 Å². The monoisotopic (exact) mass is 852 g/mol. The number of hydrogen-bond acceptors (Lipinski definition) is 16. The largest absolute Gasteiger partial charge is 0.324 e. The zero-order chi connectivity index (χ0) is 41.8. The van der Waals surface area contributed by atoms with Gasteiger partial charge in [0.1, 0.15) is 9.79 Å². The topological polar surface area (TPSA) is 337 Å². The predicted octanol–water partition coefficient (Wildman–Crippen LogP) is 4.66. The summed E-state index contributed by atoms with van der Waals surface area (Å²) in [6.45, 7) is 2.20. The van der Waals surface area contributed by atoms with Crippen LogP contribution in [-0.2, 0) is 39.4 Å². The van der Waals surface area contributed by atoms with Crippen LogP contribution in [0.2, 0.25) is 0 Å². The van der Waals surface area contributed by atoms with E-state index in [2.05, 4.69) is 31.1 Å². The van der Waals surface area contributed by atoms with E-state index in [0.717, 1.165) is 38.1 Å². The van der Waals surface area contributed by atoms with Crippen molar-refractivity contribution in [1.29, 1.82) is 0 Å². The summed E-state index contributed by atoms with van der Waals surface area (Å²) < 4.78 is 62.5. The molecule has 0 saturated heterocycles. The third-order valence-corrected chi connectivity index (χ3v) is 8.49. The van der Waals surface area contributed by atoms with Gasteiger partial charge in [-0.25, -0.2) is 0 Å². The minimum atomic E-state index is -4.66. The first kappa shape index (κ1) is 47.4. The number of nitrogens with one attached hydrogen (secondary N) is 2. The van der Waals surface area contributed by atoms with Crippen molar-refractivity contribution in [3.63, 3.8) is 0 Å². The molecule has 0 aliphatic carbocycles. The number of carbonyl (C=O) groups is 4. The standard InChI is InChI=1S/2C16H14N4O7S.Ca/c2*1-10(21)15(16(22)17-11-5-3-2-4-6-11)19-18-13-8-7-12(28(25,26)27)9-14(13)20(23)24;/h2*2-9,15H,1H3,(H,17,22)(H,25,26,27);. The van der Waals surface area contributed by atoms with E-state index in [1.54, 1.807) is 60.7 Å². The number of carbonyl (C=O) groups excluding carboxylic acids is 4. The normalized spacial score (nSPS) is 12.3. The first-order valence-electron chi connectivity index (χ1n) is 15.2. The van der Waals surface area contributed by atoms with Crippen LogP contribution in [0.4, 0.5) is 34.1 Å². The Morgan fingerprint density at radius 1 is 0.596 bits per heavy atom. The molecule has 0 heterocycles. The van der Waals surface area contributed by atoms with Crippen molar-refractivity contribution in [2.75, 3.05) is 10.6 Å². The number of anilines is 2. The van der Waals surface area contributed by atoms with Crippen LogP contribution >= 0.6 is 0 Å². The van der Waals surface area contributed by atoms with Gasteiger partial charge in [-0.2, -0.15) is 27.1 Å². The van der Waals surface area contributed by atoms with Crippen LogP contribution in [0, 0.1) is 20.2 Å². The van der Waals surface area contributed by atoms with E-state index in [-0.39, 0.29) is 37.7 Å². The van der Waals surface area contributed by atoms with Gasteiger partial charge in [0.25, 0.3) is 43.4 Å². The maximum atomic E-state index is 12.2. The second-order valence-electron chi connectivity index (χ2n) is 10.9. The van der Waals surface area contributed by atoms with Crippen LogP contribution in [0.5, 0.6) is 0 Å². The molecule has 0 aromatic heterocycles. The van der Waals surface area contributed by atoms with Gasteiger partial charge < -0.3 is 10.6 Å². The second-order valence-corrected chi connectivity index (χ2v) is 13.8. The van der Waals surface area contributed by atoms with E-state index in [0.29, 0.717) is 23.5 Å². The van der Waals surface area contributed by atoms with Crippen LogP contribution in [0.3, 0.4) is 0 Å². The fraction of sp³-hybridized carbons (Fsp3) is 0.125. The smallest absolute Gasteiger partial charge is 0.298 e. The summed E-state index contributed by atoms with van der Waals surface area (Å²) in [7, 11) is -9.33. The molecule has 25 heteroatoms. The minimum absolute atomic E-state index is 0. The molecule has 4 N–H and O–H groups in total. The molecule has 4 rings (SSSR count). The average Bonchev–Trinajstić information content (AvgIpc) is 3.11. The van der Waals surface area contributed by atoms with Crippen LogP contribution in [0.25, 0.3) is 0 Å². The van der Waals surface area contributed by atoms with Crippen molar-refractivity contribution < 1.29 is 55.0 Å². The Morgan fingerprint density at radius 2 is 0.912 bits per heavy atom. The molecule has 2 atom stereocenters. The fourth-order valence-corrected chi connectivity index (χ4v) is 5.13. The fourth-order valence-electron chi connectivity index (χ4n) is 4.13. The Balaban J connectivity index is 0.000000387. The molecule has 2 unspecified atom stereocenters. The van der Waals surface area contributed by atoms with Crippen molar-refractivity contribution in [2.45, 2.75) is 35.7 Å². The molecule has 22 nitrogen and oxygen atoms in total. The van der Waals surface area contributed by atoms with E-state index >= 15 is 0 Å². The summed E-state index contributed by atoms with van der Waals surface area (Å²) in [6.07, 6.45) is 0. The Morgan fingerprint density at radius 3 is 1.18 bits per heavy atom. The molecule has 0 bridgehead atoms. The Kier molecular flexibility index (Phi) is 17.4. The van der Waals surface area contributed by atoms with Crippen LogP contribution in [0.1, 0.15) is 13.8 Å². The minimum Gasteiger partial charge on any atom is -0.324 e. The molecule has 0 aliphatic rings. The first-order chi connectivity index (χ1) is 26.2. The van der Waals surface area contributed by atoms with Gasteiger partial charge in [0.2, 0.25) is 12.1 Å². The van der Waals surface area contributed by atoms with Crippen molar-refractivity contribution in [3.05, 3.63) is 117 Å². The summed E-state index contributed by atoms with van der Waals surface area (Å²) >= 11 is 0. The van der Waals surface area contributed by atoms with E-state index in [1.807, 2.05) is 0 Å². The van der Waals surface area contributed by atoms with E-state index < -0.39 is 98.1 Å². The number of nitro groups is 2. The van der Waals surface area contributed by atoms with E-state index in [4.69, 9.17) is 9.11 Å². The summed E-state index contributed by atoms with van der Waals surface area (Å²) in [5, 5.41) is 41.5. The van der Waals surface area contributed by atoms with E-state index in [1.165, 1.54) is 0 Å². The van der Waals surface area contributed by atoms with Crippen LogP contribution in [-0.4, -0.2) is 109 Å². The van der Waals surface area contributed by atoms with Crippen molar-refractivity contribution in [3.8, 4) is 0 Å². The molecule has 4 aromatic carbocycles. The number of nitrogens with zero attached hydrogens (tertiary/aromatic N) is 6. The van der Waals surface area contributed by atoms with Crippen molar-refractivity contribution in [1.82, 2.24) is 0 Å². The number of hydrogen-bond donors (Lipinski definition) is 4. The van der Waals surface area contributed by atoms with Gasteiger partial charge in [-0.1, -0.05) is 36.4 Å². The summed E-state index contributed by atoms with van der Waals surface area (Å²) in [5.74, 6) is -2.90. The molecule has 294 valence electrons. The van der Waals surface area contributed by atoms with Gasteiger partial charge in [0, 0.05) is 61.2 Å². The number of azo groups is 2. The number of rotatable bonds is 14. The molecule has 0 spiro atoms. The quantitative estimate of drug-likeness (QED) is 0.0335. The first-order valence-corrected chi connectivity index (χ1v) is 18.1. The molecular formula is C32H28CaN8O14S2. The molecule has 2 amide bonds. The van der Waals surface area contributed by atoms with Crippen molar-refractivity contribution in [2.24, 2.45) is 20.5 Å². The molecule has 4 aromatic rings. The van der Waals surface area contributed by atoms with E-state index in [9.17, 15) is 56.2 Å². The van der Waals surface area contributed by atoms with Gasteiger partial charge >= 0.3 is 0 Å². The maximum Gasteiger partial charge on any atom is 0.298 e. The summed E-state index contributed by atoms with van der Waals surface area (Å²) in [6, 6.07) is 18.1. The Bertz CT molecular complexity index is 2280. The summed E-state index contributed by atoms with van der Waals surface area (Å²) in [4.78, 5) is 67.0. The average molecular weight is 853 g/mol. The number of Topliss-reactive ketones (excluding diaryl/α,β-unsaturated/α-hetero) is 2. The molecule has 0 fully saturated rings. The maximum absolute atomic E-state index is 12.2. The number of ketones is 2. The van der Waals surface area contributed by atoms with Gasteiger partial charge in [-0.05, 0) is 62.4 Å². The van der Waals surface area contributed by atoms with Gasteiger partial charge in [-0.3, -0.25) is 48.5 Å². The molecule has 2 radical (unpaired) electrons. The van der Waals surface area contributed by atoms with Crippen LogP contribution in [0.15, 0.2) is 127 Å². The third-order valence-electron chi connectivity index (χ3n) is 6.79. The zero-order valence-electron chi connectivity index (χ0n) is 29.4.